The highest BCUT2D eigenvalue weighted by molar-refractivity contribution is 7.99. The largest absolute Gasteiger partial charge is 0.486 e. The first-order valence-electron chi connectivity index (χ1n) is 10.2. The number of ether oxygens (including phenoxy) is 2. The lowest BCUT2D eigenvalue weighted by atomic mass is 10.2. The summed E-state index contributed by atoms with van der Waals surface area (Å²) in [7, 11) is 0. The second-order valence-corrected chi connectivity index (χ2v) is 8.44. The molecular formula is C22H21N3O7S. The molecule has 4 rings (SSSR count). The van der Waals surface area contributed by atoms with Gasteiger partial charge in [-0.05, 0) is 35.9 Å². The van der Waals surface area contributed by atoms with Crippen LogP contribution in [0.15, 0.2) is 52.3 Å². The topological polar surface area (TPSA) is 122 Å². The number of nitrogens with zero attached hydrogens (tertiary/aromatic N) is 3. The molecule has 0 unspecified atom stereocenters. The van der Waals surface area contributed by atoms with Gasteiger partial charge in [0.1, 0.15) is 13.2 Å². The van der Waals surface area contributed by atoms with Crippen molar-refractivity contribution in [2.45, 2.75) is 9.79 Å². The average molecular weight is 471 g/mol. The van der Waals surface area contributed by atoms with E-state index < -0.39 is 11.0 Å². The molecule has 2 amide bonds. The second kappa shape index (κ2) is 9.82. The van der Waals surface area contributed by atoms with Crippen molar-refractivity contribution >= 4 is 35.5 Å². The number of hydrogen-bond acceptors (Lipinski definition) is 7. The number of carboxylic acid groups (broad SMARTS) is 1. The van der Waals surface area contributed by atoms with E-state index in [0.717, 1.165) is 4.90 Å². The molecule has 2 aromatic rings. The number of nitro groups is 1. The fraction of sp³-hybridized carbons (Fsp3) is 0.273. The van der Waals surface area contributed by atoms with E-state index in [4.69, 9.17) is 14.6 Å². The van der Waals surface area contributed by atoms with E-state index in [0.29, 0.717) is 48.3 Å². The van der Waals surface area contributed by atoms with Crippen LogP contribution in [0.5, 0.6) is 11.5 Å². The fourth-order valence-corrected chi connectivity index (χ4v) is 4.40. The molecule has 2 aromatic carbocycles. The molecule has 2 heterocycles. The summed E-state index contributed by atoms with van der Waals surface area (Å²) in [5.74, 6) is 0.989. The lowest BCUT2D eigenvalue weighted by Gasteiger charge is -2.32. The summed E-state index contributed by atoms with van der Waals surface area (Å²) in [6.45, 7) is 2.07. The fourth-order valence-electron chi connectivity index (χ4n) is 3.47. The molecule has 1 N–H and O–H groups in total. The third kappa shape index (κ3) is 5.37. The van der Waals surface area contributed by atoms with E-state index >= 15 is 0 Å². The van der Waals surface area contributed by atoms with Crippen molar-refractivity contribution in [3.05, 3.63) is 58.2 Å². The van der Waals surface area contributed by atoms with Gasteiger partial charge in [0.2, 0.25) is 5.91 Å². The van der Waals surface area contributed by atoms with Crippen molar-refractivity contribution in [1.29, 1.82) is 0 Å². The monoisotopic (exact) mass is 471 g/mol. The van der Waals surface area contributed by atoms with E-state index in [1.807, 2.05) is 6.07 Å². The maximum atomic E-state index is 12.4. The molecule has 0 saturated carbocycles. The number of carbonyl (C=O) groups is 2. The van der Waals surface area contributed by atoms with Crippen LogP contribution in [0, 0.1) is 10.1 Å². The minimum absolute atomic E-state index is 0.0699. The van der Waals surface area contributed by atoms with Crippen LogP contribution in [0.4, 0.5) is 10.5 Å². The van der Waals surface area contributed by atoms with Crippen molar-refractivity contribution in [3.63, 3.8) is 0 Å². The number of amides is 2. The molecule has 0 atom stereocenters. The van der Waals surface area contributed by atoms with Crippen molar-refractivity contribution in [3.8, 4) is 11.5 Å². The molecule has 11 heteroatoms. The van der Waals surface area contributed by atoms with Crippen LogP contribution in [0.2, 0.25) is 0 Å². The molecule has 172 valence electrons. The van der Waals surface area contributed by atoms with Gasteiger partial charge in [-0.2, -0.15) is 0 Å². The number of rotatable bonds is 5. The zero-order chi connectivity index (χ0) is 23.4. The summed E-state index contributed by atoms with van der Waals surface area (Å²) in [5.41, 5.74) is 0.449. The standard InChI is InChI=1S/C22H21N3O7S/c26-21(23-7-9-24(10-8-23)22(27)28)6-2-15-1-5-20(17(13-15)25(29)30)33-16-3-4-18-19(14-16)32-12-11-31-18/h1-6,13-14H,7-12H2,(H,27,28)/b6-2+. The van der Waals surface area contributed by atoms with E-state index in [1.54, 1.807) is 29.2 Å². The molecule has 0 aromatic heterocycles. The molecule has 0 radical (unpaired) electrons. The Balaban J connectivity index is 1.45. The van der Waals surface area contributed by atoms with Crippen LogP contribution in [-0.4, -0.2) is 71.2 Å². The first-order chi connectivity index (χ1) is 15.9. The second-order valence-electron chi connectivity index (χ2n) is 7.32. The molecule has 10 nitrogen and oxygen atoms in total. The van der Waals surface area contributed by atoms with Gasteiger partial charge in [-0.15, -0.1) is 0 Å². The average Bonchev–Trinajstić information content (AvgIpc) is 2.83. The third-order valence-electron chi connectivity index (χ3n) is 5.20. The molecular weight excluding hydrogens is 450 g/mol. The molecule has 1 fully saturated rings. The van der Waals surface area contributed by atoms with Gasteiger partial charge >= 0.3 is 6.09 Å². The van der Waals surface area contributed by atoms with Crippen LogP contribution in [0.3, 0.4) is 0 Å². The number of fused-ring (bicyclic) bond motifs is 1. The summed E-state index contributed by atoms with van der Waals surface area (Å²) in [5, 5.41) is 20.7. The number of nitro benzene ring substituents is 1. The van der Waals surface area contributed by atoms with Crippen LogP contribution in [-0.2, 0) is 4.79 Å². The van der Waals surface area contributed by atoms with Crippen LogP contribution in [0.1, 0.15) is 5.56 Å². The van der Waals surface area contributed by atoms with Gasteiger partial charge in [0.25, 0.3) is 5.69 Å². The zero-order valence-corrected chi connectivity index (χ0v) is 18.3. The summed E-state index contributed by atoms with van der Waals surface area (Å²) >= 11 is 1.24. The van der Waals surface area contributed by atoms with E-state index in [2.05, 4.69) is 0 Å². The van der Waals surface area contributed by atoms with Gasteiger partial charge in [-0.1, -0.05) is 17.8 Å². The number of piperazine rings is 1. The predicted octanol–water partition coefficient (Wildman–Crippen LogP) is 3.35. The van der Waals surface area contributed by atoms with Crippen molar-refractivity contribution < 1.29 is 29.1 Å². The van der Waals surface area contributed by atoms with Crippen molar-refractivity contribution in [2.75, 3.05) is 39.4 Å². The highest BCUT2D eigenvalue weighted by Crippen LogP contribution is 2.40. The molecule has 0 aliphatic carbocycles. The molecule has 0 spiro atoms. The Morgan fingerprint density at radius 3 is 2.39 bits per heavy atom. The van der Waals surface area contributed by atoms with Crippen LogP contribution >= 0.6 is 11.8 Å². The van der Waals surface area contributed by atoms with E-state index in [-0.39, 0.29) is 24.7 Å². The van der Waals surface area contributed by atoms with Gasteiger partial charge < -0.3 is 24.4 Å². The smallest absolute Gasteiger partial charge is 0.407 e. The van der Waals surface area contributed by atoms with Crippen LogP contribution in [0.25, 0.3) is 6.08 Å². The molecule has 1 saturated heterocycles. The maximum absolute atomic E-state index is 12.4. The van der Waals surface area contributed by atoms with Gasteiger partial charge in [-0.3, -0.25) is 14.9 Å². The summed E-state index contributed by atoms with van der Waals surface area (Å²) in [4.78, 5) is 38.6. The zero-order valence-electron chi connectivity index (χ0n) is 17.5. The normalized spacial score (nSPS) is 15.5. The first-order valence-corrected chi connectivity index (χ1v) is 11.0. The summed E-state index contributed by atoms with van der Waals surface area (Å²) < 4.78 is 11.1. The number of benzene rings is 2. The van der Waals surface area contributed by atoms with Crippen molar-refractivity contribution in [1.82, 2.24) is 9.80 Å². The summed E-state index contributed by atoms with van der Waals surface area (Å²) in [6.07, 6.45) is 1.87. The predicted molar refractivity (Wildman–Crippen MR) is 120 cm³/mol. The van der Waals surface area contributed by atoms with Gasteiger partial charge in [0, 0.05) is 43.2 Å². The minimum Gasteiger partial charge on any atom is -0.486 e. The quantitative estimate of drug-likeness (QED) is 0.400. The summed E-state index contributed by atoms with van der Waals surface area (Å²) in [6, 6.07) is 10.2. The lowest BCUT2D eigenvalue weighted by molar-refractivity contribution is -0.387. The Labute approximate surface area is 193 Å². The molecule has 2 aliphatic heterocycles. The SMILES string of the molecule is O=C(O)N1CCN(C(=O)/C=C/c2ccc(Sc3ccc4c(c3)OCCO4)c([N+](=O)[O-])c2)CC1. The van der Waals surface area contributed by atoms with Gasteiger partial charge in [-0.25, -0.2) is 4.79 Å². The molecule has 33 heavy (non-hydrogen) atoms. The minimum atomic E-state index is -1.00. The van der Waals surface area contributed by atoms with E-state index in [1.165, 1.54) is 34.9 Å². The Morgan fingerprint density at radius 2 is 1.70 bits per heavy atom. The Kier molecular flexibility index (Phi) is 6.68. The van der Waals surface area contributed by atoms with E-state index in [9.17, 15) is 19.7 Å². The van der Waals surface area contributed by atoms with Crippen LogP contribution < -0.4 is 9.47 Å². The number of hydrogen-bond donors (Lipinski definition) is 1. The third-order valence-corrected chi connectivity index (χ3v) is 6.26. The Hall–Kier alpha value is -3.73. The van der Waals surface area contributed by atoms with Gasteiger partial charge in [0.05, 0.1) is 9.82 Å². The Morgan fingerprint density at radius 1 is 1.00 bits per heavy atom. The highest BCUT2D eigenvalue weighted by Gasteiger charge is 2.22. The maximum Gasteiger partial charge on any atom is 0.407 e. The highest BCUT2D eigenvalue weighted by atomic mass is 32.2. The molecule has 2 aliphatic rings. The molecule has 0 bridgehead atoms. The van der Waals surface area contributed by atoms with Crippen molar-refractivity contribution in [2.24, 2.45) is 0 Å². The lowest BCUT2D eigenvalue weighted by Crippen LogP contribution is -2.49. The first kappa shape index (κ1) is 22.5. The van der Waals surface area contributed by atoms with Gasteiger partial charge in [0.15, 0.2) is 11.5 Å². The number of carbonyl (C=O) groups excluding carboxylic acids is 1. The Bertz CT molecular complexity index is 1110.